The molecule has 2 aromatic carbocycles. The number of hydrogen-bond donors (Lipinski definition) is 2. The number of thiazole rings is 1. The lowest BCUT2D eigenvalue weighted by Crippen LogP contribution is -2.28. The van der Waals surface area contributed by atoms with E-state index in [4.69, 9.17) is 9.47 Å². The zero-order chi connectivity index (χ0) is 19.8. The molecule has 0 saturated heterocycles. The summed E-state index contributed by atoms with van der Waals surface area (Å²) in [6.45, 7) is 3.14. The van der Waals surface area contributed by atoms with Crippen molar-refractivity contribution in [3.05, 3.63) is 65.4 Å². The van der Waals surface area contributed by atoms with E-state index < -0.39 is 0 Å². The smallest absolute Gasteiger partial charge is 0.270 e. The van der Waals surface area contributed by atoms with Crippen molar-refractivity contribution >= 4 is 28.1 Å². The Bertz CT molecular complexity index is 898. The van der Waals surface area contributed by atoms with Gasteiger partial charge in [-0.25, -0.2) is 9.37 Å². The summed E-state index contributed by atoms with van der Waals surface area (Å²) in [5, 5.41) is 8.21. The summed E-state index contributed by atoms with van der Waals surface area (Å²) in [7, 11) is 0. The topological polar surface area (TPSA) is 72.5 Å². The molecule has 0 saturated carbocycles. The van der Waals surface area contributed by atoms with Gasteiger partial charge >= 0.3 is 0 Å². The van der Waals surface area contributed by atoms with E-state index in [1.165, 1.54) is 35.6 Å². The van der Waals surface area contributed by atoms with Crippen LogP contribution >= 0.6 is 11.3 Å². The van der Waals surface area contributed by atoms with Crippen LogP contribution in [0.1, 0.15) is 17.4 Å². The van der Waals surface area contributed by atoms with Crippen LogP contribution in [0.3, 0.4) is 0 Å². The molecule has 3 rings (SSSR count). The molecule has 146 valence electrons. The molecule has 0 atom stereocenters. The molecule has 6 nitrogen and oxygen atoms in total. The normalized spacial score (nSPS) is 10.4. The third kappa shape index (κ3) is 5.68. The molecule has 0 unspecified atom stereocenters. The molecule has 0 radical (unpaired) electrons. The van der Waals surface area contributed by atoms with Gasteiger partial charge in [-0.15, -0.1) is 11.3 Å². The van der Waals surface area contributed by atoms with Crippen LogP contribution in [0.4, 0.5) is 15.2 Å². The summed E-state index contributed by atoms with van der Waals surface area (Å²) in [5.74, 6) is 0.749. The number of rotatable bonds is 9. The molecule has 0 bridgehead atoms. The lowest BCUT2D eigenvalue weighted by molar-refractivity contribution is 0.0943. The highest BCUT2D eigenvalue weighted by molar-refractivity contribution is 7.14. The van der Waals surface area contributed by atoms with E-state index in [-0.39, 0.29) is 18.3 Å². The summed E-state index contributed by atoms with van der Waals surface area (Å²) in [4.78, 5) is 16.5. The van der Waals surface area contributed by atoms with Crippen molar-refractivity contribution in [2.24, 2.45) is 0 Å². The first-order valence-corrected chi connectivity index (χ1v) is 9.64. The second-order valence-electron chi connectivity index (χ2n) is 5.68. The lowest BCUT2D eigenvalue weighted by Gasteiger charge is -2.07. The summed E-state index contributed by atoms with van der Waals surface area (Å²) in [6.07, 6.45) is 0. The van der Waals surface area contributed by atoms with E-state index in [9.17, 15) is 9.18 Å². The molecule has 2 N–H and O–H groups in total. The van der Waals surface area contributed by atoms with E-state index in [1.54, 1.807) is 5.38 Å². The number of aromatic nitrogens is 1. The van der Waals surface area contributed by atoms with Gasteiger partial charge < -0.3 is 20.1 Å². The van der Waals surface area contributed by atoms with Gasteiger partial charge in [0.15, 0.2) is 5.13 Å². The minimum atomic E-state index is -0.321. The fourth-order valence-corrected chi connectivity index (χ4v) is 3.03. The number of ether oxygens (including phenoxy) is 2. The van der Waals surface area contributed by atoms with Crippen molar-refractivity contribution in [1.82, 2.24) is 10.3 Å². The van der Waals surface area contributed by atoms with Gasteiger partial charge in [0.1, 0.15) is 29.6 Å². The summed E-state index contributed by atoms with van der Waals surface area (Å²) >= 11 is 1.34. The fourth-order valence-electron chi connectivity index (χ4n) is 2.31. The van der Waals surface area contributed by atoms with Gasteiger partial charge in [-0.05, 0) is 55.5 Å². The minimum Gasteiger partial charge on any atom is -0.494 e. The summed E-state index contributed by atoms with van der Waals surface area (Å²) < 4.78 is 23.7. The van der Waals surface area contributed by atoms with Gasteiger partial charge in [0.2, 0.25) is 0 Å². The first-order valence-electron chi connectivity index (χ1n) is 8.76. The molecule has 0 aliphatic heterocycles. The van der Waals surface area contributed by atoms with Crippen molar-refractivity contribution in [3.63, 3.8) is 0 Å². The third-order valence-corrected chi connectivity index (χ3v) is 4.38. The summed E-state index contributed by atoms with van der Waals surface area (Å²) in [6, 6.07) is 13.2. The van der Waals surface area contributed by atoms with E-state index >= 15 is 0 Å². The molecule has 0 fully saturated rings. The highest BCUT2D eigenvalue weighted by atomic mass is 32.1. The van der Waals surface area contributed by atoms with Crippen LogP contribution in [0.15, 0.2) is 53.9 Å². The molecular weight excluding hydrogens is 381 g/mol. The predicted molar refractivity (Wildman–Crippen MR) is 107 cm³/mol. The Hall–Kier alpha value is -3.13. The van der Waals surface area contributed by atoms with Crippen LogP contribution in [0.25, 0.3) is 0 Å². The van der Waals surface area contributed by atoms with Gasteiger partial charge in [-0.2, -0.15) is 0 Å². The second-order valence-corrected chi connectivity index (χ2v) is 6.54. The van der Waals surface area contributed by atoms with E-state index in [1.807, 2.05) is 31.2 Å². The maximum Gasteiger partial charge on any atom is 0.270 e. The largest absolute Gasteiger partial charge is 0.494 e. The van der Waals surface area contributed by atoms with Gasteiger partial charge in [-0.1, -0.05) is 0 Å². The van der Waals surface area contributed by atoms with Crippen molar-refractivity contribution < 1.29 is 18.7 Å². The average molecular weight is 401 g/mol. The number of benzene rings is 2. The number of anilines is 2. The standard InChI is InChI=1S/C20H20FN3O3S/c1-2-26-16-9-5-15(6-10-16)23-20-24-18(13-28-20)19(25)22-11-12-27-17-7-3-14(21)4-8-17/h3-10,13H,2,11-12H2,1H3,(H,22,25)(H,23,24). The Kier molecular flexibility index (Phi) is 6.80. The molecule has 1 amide bonds. The van der Waals surface area contributed by atoms with Crippen LogP contribution in [0, 0.1) is 5.82 Å². The second kappa shape index (κ2) is 9.70. The molecular formula is C20H20FN3O3S. The number of nitrogens with one attached hydrogen (secondary N) is 2. The van der Waals surface area contributed by atoms with Crippen LogP contribution < -0.4 is 20.1 Å². The Morgan fingerprint density at radius 1 is 1.07 bits per heavy atom. The van der Waals surface area contributed by atoms with E-state index in [0.717, 1.165) is 11.4 Å². The number of carbonyl (C=O) groups excluding carboxylic acids is 1. The quantitative estimate of drug-likeness (QED) is 0.525. The maximum atomic E-state index is 12.8. The highest BCUT2D eigenvalue weighted by Crippen LogP contribution is 2.23. The Labute approximate surface area is 166 Å². The molecule has 3 aromatic rings. The Morgan fingerprint density at radius 3 is 2.46 bits per heavy atom. The van der Waals surface area contributed by atoms with E-state index in [2.05, 4.69) is 15.6 Å². The molecule has 1 aromatic heterocycles. The van der Waals surface area contributed by atoms with Crippen molar-refractivity contribution in [2.45, 2.75) is 6.92 Å². The number of nitrogens with zero attached hydrogens (tertiary/aromatic N) is 1. The highest BCUT2D eigenvalue weighted by Gasteiger charge is 2.10. The van der Waals surface area contributed by atoms with Crippen LogP contribution in [0.5, 0.6) is 11.5 Å². The van der Waals surface area contributed by atoms with Gasteiger partial charge in [0, 0.05) is 11.1 Å². The zero-order valence-electron chi connectivity index (χ0n) is 15.3. The number of amides is 1. The first kappa shape index (κ1) is 19.6. The molecule has 8 heteroatoms. The maximum absolute atomic E-state index is 12.8. The molecule has 28 heavy (non-hydrogen) atoms. The van der Waals surface area contributed by atoms with Crippen molar-refractivity contribution in [3.8, 4) is 11.5 Å². The van der Waals surface area contributed by atoms with Crippen molar-refractivity contribution in [1.29, 1.82) is 0 Å². The fraction of sp³-hybridized carbons (Fsp3) is 0.200. The Morgan fingerprint density at radius 2 is 1.75 bits per heavy atom. The number of hydrogen-bond acceptors (Lipinski definition) is 6. The van der Waals surface area contributed by atoms with Crippen LogP contribution in [-0.2, 0) is 0 Å². The van der Waals surface area contributed by atoms with Crippen molar-refractivity contribution in [2.75, 3.05) is 25.1 Å². The monoisotopic (exact) mass is 401 g/mol. The molecule has 0 aliphatic rings. The molecule has 0 spiro atoms. The zero-order valence-corrected chi connectivity index (χ0v) is 16.1. The van der Waals surface area contributed by atoms with Gasteiger partial charge in [0.05, 0.1) is 13.2 Å². The molecule has 1 heterocycles. The minimum absolute atomic E-state index is 0.277. The average Bonchev–Trinajstić information content (AvgIpc) is 3.17. The van der Waals surface area contributed by atoms with E-state index in [0.29, 0.717) is 29.7 Å². The number of carbonyl (C=O) groups is 1. The van der Waals surface area contributed by atoms with Crippen LogP contribution in [0.2, 0.25) is 0 Å². The summed E-state index contributed by atoms with van der Waals surface area (Å²) in [5.41, 5.74) is 1.19. The Balaban J connectivity index is 1.44. The number of halogens is 1. The van der Waals surface area contributed by atoms with Gasteiger partial charge in [-0.3, -0.25) is 4.79 Å². The molecule has 0 aliphatic carbocycles. The SMILES string of the molecule is CCOc1ccc(Nc2nc(C(=O)NCCOc3ccc(F)cc3)cs2)cc1. The third-order valence-electron chi connectivity index (χ3n) is 3.62. The van der Waals surface area contributed by atoms with Gasteiger partial charge in [0.25, 0.3) is 5.91 Å². The first-order chi connectivity index (χ1) is 13.6. The lowest BCUT2D eigenvalue weighted by atomic mass is 10.3. The predicted octanol–water partition coefficient (Wildman–Crippen LogP) is 4.23. The van der Waals surface area contributed by atoms with Crippen LogP contribution in [-0.4, -0.2) is 30.6 Å².